The Morgan fingerprint density at radius 3 is 2.77 bits per heavy atom. The Morgan fingerprint density at radius 1 is 1.31 bits per heavy atom. The molecule has 7 nitrogen and oxygen atoms in total. The van der Waals surface area contributed by atoms with E-state index in [1.54, 1.807) is 37.6 Å². The molecule has 0 saturated heterocycles. The number of carbonyl (C=O) groups excluding carboxylic acids is 1. The van der Waals surface area contributed by atoms with E-state index in [0.717, 1.165) is 5.56 Å². The van der Waals surface area contributed by atoms with Gasteiger partial charge in [-0.15, -0.1) is 0 Å². The third-order valence-electron chi connectivity index (χ3n) is 3.54. The van der Waals surface area contributed by atoms with Crippen LogP contribution in [0.25, 0.3) is 0 Å². The summed E-state index contributed by atoms with van der Waals surface area (Å²) in [5.41, 5.74) is 7.19. The Hall–Kier alpha value is -3.32. The second-order valence-electron chi connectivity index (χ2n) is 5.33. The van der Waals surface area contributed by atoms with Gasteiger partial charge in [-0.1, -0.05) is 23.7 Å². The molecule has 0 fully saturated rings. The highest BCUT2D eigenvalue weighted by molar-refractivity contribution is 6.30. The van der Waals surface area contributed by atoms with E-state index in [0.29, 0.717) is 16.5 Å². The highest BCUT2D eigenvalue weighted by atomic mass is 35.5. The number of halogens is 1. The predicted octanol–water partition coefficient (Wildman–Crippen LogP) is 3.66. The standard InChI is InChI=1S/C18H16ClN5O2/c1-26-14-4-2-3-11(9-14)10-21-17-15(16(20)25)18(24-23-17)22-13-7-5-12(19)6-8-13/h2-10H,1H3,(H2,20,25)(H2,22,23,24)/b21-10+. The maximum Gasteiger partial charge on any atom is 0.256 e. The number of nitrogens with zero attached hydrogens (tertiary/aromatic N) is 2. The molecule has 26 heavy (non-hydrogen) atoms. The zero-order valence-corrected chi connectivity index (χ0v) is 14.6. The molecule has 0 atom stereocenters. The van der Waals surface area contributed by atoms with Gasteiger partial charge < -0.3 is 15.8 Å². The van der Waals surface area contributed by atoms with Crippen molar-refractivity contribution in [3.8, 4) is 5.75 Å². The fourth-order valence-electron chi connectivity index (χ4n) is 2.28. The van der Waals surface area contributed by atoms with Crippen molar-refractivity contribution in [2.75, 3.05) is 12.4 Å². The maximum atomic E-state index is 11.9. The summed E-state index contributed by atoms with van der Waals surface area (Å²) in [5, 5.41) is 10.4. The number of hydrogen-bond donors (Lipinski definition) is 3. The molecule has 0 saturated carbocycles. The number of primary amides is 1. The Balaban J connectivity index is 1.88. The lowest BCUT2D eigenvalue weighted by Crippen LogP contribution is -2.12. The van der Waals surface area contributed by atoms with E-state index in [9.17, 15) is 4.79 Å². The molecule has 0 aliphatic carbocycles. The number of benzene rings is 2. The number of aromatic amines is 1. The largest absolute Gasteiger partial charge is 0.497 e. The van der Waals surface area contributed by atoms with Crippen LogP contribution in [-0.4, -0.2) is 29.4 Å². The first kappa shape index (κ1) is 17.5. The fraction of sp³-hybridized carbons (Fsp3) is 0.0556. The Morgan fingerprint density at radius 2 is 2.08 bits per heavy atom. The molecule has 8 heteroatoms. The molecule has 0 bridgehead atoms. The molecule has 3 aromatic rings. The van der Waals surface area contributed by atoms with Crippen LogP contribution in [0.2, 0.25) is 5.02 Å². The lowest BCUT2D eigenvalue weighted by atomic mass is 10.2. The smallest absolute Gasteiger partial charge is 0.256 e. The number of anilines is 2. The molecule has 4 N–H and O–H groups in total. The first-order chi connectivity index (χ1) is 12.6. The number of aromatic nitrogens is 2. The van der Waals surface area contributed by atoms with Crippen molar-refractivity contribution in [3.63, 3.8) is 0 Å². The molecular formula is C18H16ClN5O2. The molecule has 0 aliphatic rings. The first-order valence-corrected chi connectivity index (χ1v) is 8.03. The second kappa shape index (κ2) is 7.71. The number of carbonyl (C=O) groups is 1. The Kier molecular flexibility index (Phi) is 5.19. The van der Waals surface area contributed by atoms with Gasteiger partial charge in [0.05, 0.1) is 7.11 Å². The van der Waals surface area contributed by atoms with Crippen molar-refractivity contribution in [1.82, 2.24) is 10.2 Å². The highest BCUT2D eigenvalue weighted by Gasteiger charge is 2.18. The van der Waals surface area contributed by atoms with Crippen molar-refractivity contribution >= 4 is 41.0 Å². The first-order valence-electron chi connectivity index (χ1n) is 7.65. The van der Waals surface area contributed by atoms with Gasteiger partial charge in [0, 0.05) is 16.9 Å². The Bertz CT molecular complexity index is 950. The molecular weight excluding hydrogens is 354 g/mol. The van der Waals surface area contributed by atoms with Crippen LogP contribution in [0.4, 0.5) is 17.3 Å². The molecule has 3 rings (SSSR count). The number of nitrogens with one attached hydrogen (secondary N) is 2. The van der Waals surface area contributed by atoms with Crippen LogP contribution in [0.1, 0.15) is 15.9 Å². The molecule has 0 unspecified atom stereocenters. The van der Waals surface area contributed by atoms with Gasteiger partial charge in [0.1, 0.15) is 11.3 Å². The van der Waals surface area contributed by atoms with Gasteiger partial charge in [0.2, 0.25) is 0 Å². The van der Waals surface area contributed by atoms with E-state index in [2.05, 4.69) is 20.5 Å². The monoisotopic (exact) mass is 369 g/mol. The van der Waals surface area contributed by atoms with Gasteiger partial charge in [0.15, 0.2) is 11.6 Å². The summed E-state index contributed by atoms with van der Waals surface area (Å²) in [6.45, 7) is 0. The summed E-state index contributed by atoms with van der Waals surface area (Å²) in [5.74, 6) is 0.612. The highest BCUT2D eigenvalue weighted by Crippen LogP contribution is 2.27. The molecule has 132 valence electrons. The summed E-state index contributed by atoms with van der Waals surface area (Å²) >= 11 is 5.87. The second-order valence-corrected chi connectivity index (χ2v) is 5.76. The third-order valence-corrected chi connectivity index (χ3v) is 3.79. The van der Waals surface area contributed by atoms with Crippen LogP contribution >= 0.6 is 11.6 Å². The average Bonchev–Trinajstić information content (AvgIpc) is 3.05. The molecule has 0 spiro atoms. The molecule has 1 amide bonds. The van der Waals surface area contributed by atoms with Gasteiger partial charge in [-0.05, 0) is 42.0 Å². The summed E-state index contributed by atoms with van der Waals surface area (Å²) in [6, 6.07) is 14.3. The number of ether oxygens (including phenoxy) is 1. The van der Waals surface area contributed by atoms with E-state index >= 15 is 0 Å². The predicted molar refractivity (Wildman–Crippen MR) is 102 cm³/mol. The SMILES string of the molecule is COc1cccc(/C=N/c2[nH]nc(Nc3ccc(Cl)cc3)c2C(N)=O)c1. The lowest BCUT2D eigenvalue weighted by Gasteiger charge is -2.04. The molecule has 1 heterocycles. The van der Waals surface area contributed by atoms with Gasteiger partial charge in [-0.2, -0.15) is 5.10 Å². The minimum absolute atomic E-state index is 0.166. The van der Waals surface area contributed by atoms with Crippen LogP contribution in [0.5, 0.6) is 5.75 Å². The normalized spacial score (nSPS) is 10.8. The van der Waals surface area contributed by atoms with Crippen molar-refractivity contribution in [1.29, 1.82) is 0 Å². The van der Waals surface area contributed by atoms with E-state index in [1.807, 2.05) is 24.3 Å². The van der Waals surface area contributed by atoms with Crippen LogP contribution in [-0.2, 0) is 0 Å². The molecule has 2 aromatic carbocycles. The maximum absolute atomic E-state index is 11.9. The molecule has 0 radical (unpaired) electrons. The Labute approximate surface area is 154 Å². The summed E-state index contributed by atoms with van der Waals surface area (Å²) < 4.78 is 5.17. The number of aliphatic imine (C=N–C) groups is 1. The van der Waals surface area contributed by atoms with Crippen molar-refractivity contribution in [2.45, 2.75) is 0 Å². The number of nitrogens with two attached hydrogens (primary N) is 1. The number of H-pyrrole nitrogens is 1. The van der Waals surface area contributed by atoms with Crippen LogP contribution in [0.3, 0.4) is 0 Å². The average molecular weight is 370 g/mol. The summed E-state index contributed by atoms with van der Waals surface area (Å²) in [4.78, 5) is 16.2. The van der Waals surface area contributed by atoms with Gasteiger partial charge >= 0.3 is 0 Å². The third kappa shape index (κ3) is 4.01. The topological polar surface area (TPSA) is 105 Å². The molecule has 1 aromatic heterocycles. The van der Waals surface area contributed by atoms with E-state index in [4.69, 9.17) is 22.1 Å². The van der Waals surface area contributed by atoms with Gasteiger partial charge in [-0.25, -0.2) is 4.99 Å². The van der Waals surface area contributed by atoms with E-state index in [1.165, 1.54) is 0 Å². The van der Waals surface area contributed by atoms with Crippen LogP contribution < -0.4 is 15.8 Å². The van der Waals surface area contributed by atoms with Crippen LogP contribution in [0, 0.1) is 0 Å². The summed E-state index contributed by atoms with van der Waals surface area (Å²) in [6.07, 6.45) is 1.59. The van der Waals surface area contributed by atoms with E-state index in [-0.39, 0.29) is 17.2 Å². The van der Waals surface area contributed by atoms with Crippen molar-refractivity contribution < 1.29 is 9.53 Å². The van der Waals surface area contributed by atoms with Crippen molar-refractivity contribution in [2.24, 2.45) is 10.7 Å². The van der Waals surface area contributed by atoms with Gasteiger partial charge in [-0.3, -0.25) is 9.89 Å². The van der Waals surface area contributed by atoms with Crippen LogP contribution in [0.15, 0.2) is 53.5 Å². The molecule has 0 aliphatic heterocycles. The minimum atomic E-state index is -0.645. The zero-order valence-electron chi connectivity index (χ0n) is 13.9. The zero-order chi connectivity index (χ0) is 18.5. The lowest BCUT2D eigenvalue weighted by molar-refractivity contribution is 0.100. The number of hydrogen-bond acceptors (Lipinski definition) is 5. The number of rotatable bonds is 6. The minimum Gasteiger partial charge on any atom is -0.497 e. The quantitative estimate of drug-likeness (QED) is 0.576. The summed E-state index contributed by atoms with van der Waals surface area (Å²) in [7, 11) is 1.59. The number of amides is 1. The van der Waals surface area contributed by atoms with E-state index < -0.39 is 5.91 Å². The van der Waals surface area contributed by atoms with Crippen molar-refractivity contribution in [3.05, 3.63) is 64.7 Å². The number of methoxy groups -OCH3 is 1. The van der Waals surface area contributed by atoms with Gasteiger partial charge in [0.25, 0.3) is 5.91 Å². The fourth-order valence-corrected chi connectivity index (χ4v) is 2.41.